The first-order valence-electron chi connectivity index (χ1n) is 9.94. The smallest absolute Gasteiger partial charge is 0.261 e. The number of nitrogens with one attached hydrogen (secondary N) is 1. The van der Waals surface area contributed by atoms with E-state index >= 15 is 0 Å². The highest BCUT2D eigenvalue weighted by Crippen LogP contribution is 2.26. The Balaban J connectivity index is 1.70. The van der Waals surface area contributed by atoms with Crippen LogP contribution in [0.4, 0.5) is 5.69 Å². The van der Waals surface area contributed by atoms with E-state index in [1.807, 2.05) is 30.4 Å². The Morgan fingerprint density at radius 2 is 1.72 bits per heavy atom. The number of ether oxygens (including phenoxy) is 1. The van der Waals surface area contributed by atoms with Gasteiger partial charge in [0.2, 0.25) is 0 Å². The Bertz CT molecular complexity index is 1270. The van der Waals surface area contributed by atoms with Crippen LogP contribution in [0.5, 0.6) is 5.75 Å². The molecule has 0 spiro atoms. The molecule has 0 aliphatic carbocycles. The average molecular weight is 471 g/mol. The summed E-state index contributed by atoms with van der Waals surface area (Å²) in [6.45, 7) is 0.542. The molecule has 3 rings (SSSR count). The van der Waals surface area contributed by atoms with Gasteiger partial charge in [-0.2, -0.15) is 0 Å². The molecule has 0 fully saturated rings. The number of allylic oxidation sites excluding steroid dienone is 1. The molecule has 8 heteroatoms. The van der Waals surface area contributed by atoms with E-state index in [9.17, 15) is 16.8 Å². The molecule has 0 amide bonds. The van der Waals surface area contributed by atoms with Crippen LogP contribution in [0.15, 0.2) is 88.7 Å². The summed E-state index contributed by atoms with van der Waals surface area (Å²) in [5, 5.41) is 0. The topological polar surface area (TPSA) is 89.5 Å². The Kier molecular flexibility index (Phi) is 7.71. The van der Waals surface area contributed by atoms with E-state index in [-0.39, 0.29) is 15.5 Å². The third-order valence-electron chi connectivity index (χ3n) is 4.46. The van der Waals surface area contributed by atoms with Gasteiger partial charge in [0.05, 0.1) is 22.1 Å². The molecule has 0 aromatic heterocycles. The molecule has 167 valence electrons. The highest BCUT2D eigenvalue weighted by atomic mass is 32.2. The summed E-state index contributed by atoms with van der Waals surface area (Å²) >= 11 is 0. The summed E-state index contributed by atoms with van der Waals surface area (Å²) in [6.07, 6.45) is 6.33. The molecule has 6 nitrogen and oxygen atoms in total. The van der Waals surface area contributed by atoms with Crippen molar-refractivity contribution in [3.63, 3.8) is 0 Å². The van der Waals surface area contributed by atoms with E-state index in [1.54, 1.807) is 30.3 Å². The molecule has 0 aliphatic heterocycles. The van der Waals surface area contributed by atoms with E-state index in [1.165, 1.54) is 24.3 Å². The number of hydrogen-bond donors (Lipinski definition) is 1. The van der Waals surface area contributed by atoms with Gasteiger partial charge in [-0.1, -0.05) is 54.6 Å². The molecule has 1 N–H and O–H groups in total. The zero-order valence-electron chi connectivity index (χ0n) is 17.6. The van der Waals surface area contributed by atoms with Crippen molar-refractivity contribution in [2.45, 2.75) is 22.6 Å². The van der Waals surface area contributed by atoms with Crippen molar-refractivity contribution in [2.75, 3.05) is 17.6 Å². The maximum Gasteiger partial charge on any atom is 0.261 e. The predicted molar refractivity (Wildman–Crippen MR) is 126 cm³/mol. The van der Waals surface area contributed by atoms with E-state index in [2.05, 4.69) is 10.8 Å². The minimum atomic E-state index is -3.93. The number of unbranched alkanes of at least 4 members (excludes halogenated alkanes) is 1. The Morgan fingerprint density at radius 1 is 0.969 bits per heavy atom. The fourth-order valence-electron chi connectivity index (χ4n) is 2.93. The summed E-state index contributed by atoms with van der Waals surface area (Å²) < 4.78 is 57.7. The second-order valence-electron chi connectivity index (χ2n) is 7.07. The zero-order chi connectivity index (χ0) is 23.0. The third kappa shape index (κ3) is 6.70. The van der Waals surface area contributed by atoms with Gasteiger partial charge < -0.3 is 4.74 Å². The van der Waals surface area contributed by atoms with E-state index in [4.69, 9.17) is 4.74 Å². The highest BCUT2D eigenvalue weighted by molar-refractivity contribution is 7.93. The first-order valence-corrected chi connectivity index (χ1v) is 13.3. The number of anilines is 1. The van der Waals surface area contributed by atoms with Crippen LogP contribution < -0.4 is 9.46 Å². The van der Waals surface area contributed by atoms with Crippen LogP contribution in [-0.2, 0) is 19.9 Å². The van der Waals surface area contributed by atoms with Crippen molar-refractivity contribution in [3.05, 3.63) is 90.5 Å². The standard InChI is InChI=1S/C24H24NO5S2/c1-31(26,27)24-17-16-20(11-5-4-10-18-30-21-12-6-2-7-13-21)19-23(24)25-32(28,29)22-14-8-3-9-15-22/h2-3,5-9,11-12,14-17,19,25H,4,10,18H2,1H3/b11-5+. The lowest BCUT2D eigenvalue weighted by Gasteiger charge is -2.12. The summed E-state index contributed by atoms with van der Waals surface area (Å²) in [6, 6.07) is 22.8. The monoisotopic (exact) mass is 470 g/mol. The van der Waals surface area contributed by atoms with Crippen LogP contribution in [0.1, 0.15) is 18.4 Å². The molecule has 1 radical (unpaired) electrons. The molecule has 3 aromatic carbocycles. The van der Waals surface area contributed by atoms with Gasteiger partial charge >= 0.3 is 0 Å². The van der Waals surface area contributed by atoms with Crippen LogP contribution in [0.25, 0.3) is 6.08 Å². The first-order chi connectivity index (χ1) is 15.3. The third-order valence-corrected chi connectivity index (χ3v) is 7.00. The number of sulfone groups is 1. The average Bonchev–Trinajstić information content (AvgIpc) is 2.76. The van der Waals surface area contributed by atoms with Crippen LogP contribution in [-0.4, -0.2) is 29.7 Å². The van der Waals surface area contributed by atoms with Crippen molar-refractivity contribution in [1.82, 2.24) is 0 Å². The maximum absolute atomic E-state index is 12.7. The normalized spacial score (nSPS) is 12.0. The van der Waals surface area contributed by atoms with Crippen LogP contribution in [0.2, 0.25) is 0 Å². The van der Waals surface area contributed by atoms with E-state index < -0.39 is 19.9 Å². The second-order valence-corrected chi connectivity index (χ2v) is 10.7. The molecule has 32 heavy (non-hydrogen) atoms. The summed E-state index contributed by atoms with van der Waals surface area (Å²) in [4.78, 5) is -0.0299. The van der Waals surface area contributed by atoms with Crippen molar-refractivity contribution in [2.24, 2.45) is 0 Å². The number of hydrogen-bond acceptors (Lipinski definition) is 5. The number of rotatable bonds is 10. The van der Waals surface area contributed by atoms with E-state index in [0.717, 1.165) is 19.1 Å². The molecule has 0 unspecified atom stereocenters. The van der Waals surface area contributed by atoms with Crippen LogP contribution >= 0.6 is 0 Å². The lowest BCUT2D eigenvalue weighted by molar-refractivity contribution is 0.311. The fourth-order valence-corrected chi connectivity index (χ4v) is 4.91. The molecule has 0 aliphatic rings. The first kappa shape index (κ1) is 23.6. The highest BCUT2D eigenvalue weighted by Gasteiger charge is 2.20. The van der Waals surface area contributed by atoms with Gasteiger partial charge in [-0.3, -0.25) is 4.72 Å². The van der Waals surface area contributed by atoms with E-state index in [0.29, 0.717) is 17.9 Å². The fraction of sp³-hybridized carbons (Fsp3) is 0.167. The molecule has 0 bridgehead atoms. The quantitative estimate of drug-likeness (QED) is 0.439. The Labute approximate surface area is 189 Å². The lowest BCUT2D eigenvalue weighted by atomic mass is 10.1. The number of para-hydroxylation sites is 1. The summed E-state index contributed by atoms with van der Waals surface area (Å²) in [5.41, 5.74) is 0.696. The maximum atomic E-state index is 12.7. The zero-order valence-corrected chi connectivity index (χ0v) is 19.2. The number of sulfonamides is 1. The lowest BCUT2D eigenvalue weighted by Crippen LogP contribution is -2.15. The van der Waals surface area contributed by atoms with Gasteiger partial charge in [0, 0.05) is 12.3 Å². The van der Waals surface area contributed by atoms with Gasteiger partial charge in [-0.25, -0.2) is 16.8 Å². The Morgan fingerprint density at radius 3 is 2.41 bits per heavy atom. The largest absolute Gasteiger partial charge is 0.493 e. The minimum Gasteiger partial charge on any atom is -0.493 e. The summed E-state index contributed by atoms with van der Waals surface area (Å²) in [5.74, 6) is 0.697. The molecule has 0 saturated heterocycles. The second kappa shape index (κ2) is 10.5. The molecular weight excluding hydrogens is 446 g/mol. The van der Waals surface area contributed by atoms with Gasteiger partial charge in [0.15, 0.2) is 9.84 Å². The van der Waals surface area contributed by atoms with Crippen molar-refractivity contribution in [3.8, 4) is 5.75 Å². The van der Waals surface area contributed by atoms with Crippen LogP contribution in [0.3, 0.4) is 0 Å². The number of benzene rings is 3. The predicted octanol–water partition coefficient (Wildman–Crippen LogP) is 4.56. The summed E-state index contributed by atoms with van der Waals surface area (Å²) in [7, 11) is -7.56. The molecule has 0 saturated carbocycles. The van der Waals surface area contributed by atoms with Gasteiger partial charge in [-0.05, 0) is 48.7 Å². The molecule has 0 atom stereocenters. The van der Waals surface area contributed by atoms with Crippen LogP contribution in [0, 0.1) is 6.07 Å². The van der Waals surface area contributed by atoms with Gasteiger partial charge in [0.1, 0.15) is 5.75 Å². The Hall–Kier alpha value is -3.10. The van der Waals surface area contributed by atoms with Crippen molar-refractivity contribution in [1.29, 1.82) is 0 Å². The van der Waals surface area contributed by atoms with Gasteiger partial charge in [-0.15, -0.1) is 0 Å². The molecular formula is C24H24NO5S2. The van der Waals surface area contributed by atoms with Gasteiger partial charge in [0.25, 0.3) is 10.0 Å². The van der Waals surface area contributed by atoms with Crippen molar-refractivity contribution < 1.29 is 21.6 Å². The molecule has 3 aromatic rings. The molecule has 0 heterocycles. The van der Waals surface area contributed by atoms with Crippen molar-refractivity contribution >= 4 is 31.6 Å². The minimum absolute atomic E-state index is 0.0152. The SMILES string of the molecule is CS(=O)(=O)c1ccc(/C=C/CCCOc2[c]cccc2)cc1NS(=O)(=O)c1ccccc1.